The Balaban J connectivity index is 1.90. The highest BCUT2D eigenvalue weighted by molar-refractivity contribution is 7.09. The molecule has 6 heteroatoms. The molecule has 2 heterocycles. The Morgan fingerprint density at radius 2 is 2.39 bits per heavy atom. The number of ether oxygens (including phenoxy) is 1. The predicted molar refractivity (Wildman–Crippen MR) is 71.8 cm³/mol. The molecule has 0 bridgehead atoms. The summed E-state index contributed by atoms with van der Waals surface area (Å²) in [5.74, 6) is 0. The number of thiazole rings is 1. The first kappa shape index (κ1) is 13.2. The molecular formula is C12H18N4OS. The van der Waals surface area contributed by atoms with Crippen LogP contribution in [0.15, 0.2) is 17.9 Å². The summed E-state index contributed by atoms with van der Waals surface area (Å²) in [6.45, 7) is 5.25. The molecule has 0 spiro atoms. The monoisotopic (exact) mass is 266 g/mol. The van der Waals surface area contributed by atoms with Crippen LogP contribution in [0.5, 0.6) is 0 Å². The number of hydrogen-bond acceptors (Lipinski definition) is 5. The molecule has 5 nitrogen and oxygen atoms in total. The van der Waals surface area contributed by atoms with Crippen LogP contribution in [-0.2, 0) is 17.8 Å². The molecule has 0 aliphatic carbocycles. The van der Waals surface area contributed by atoms with E-state index in [2.05, 4.69) is 21.6 Å². The van der Waals surface area contributed by atoms with Gasteiger partial charge in [-0.3, -0.25) is 9.67 Å². The van der Waals surface area contributed by atoms with E-state index >= 15 is 0 Å². The van der Waals surface area contributed by atoms with Crippen LogP contribution in [0.3, 0.4) is 0 Å². The van der Waals surface area contributed by atoms with Gasteiger partial charge >= 0.3 is 0 Å². The number of methoxy groups -OCH3 is 1. The fraction of sp³-hybridized carbons (Fsp3) is 0.500. The molecule has 98 valence electrons. The zero-order valence-corrected chi connectivity index (χ0v) is 11.5. The zero-order valence-electron chi connectivity index (χ0n) is 10.7. The van der Waals surface area contributed by atoms with Crippen molar-refractivity contribution in [2.24, 2.45) is 0 Å². The van der Waals surface area contributed by atoms with Crippen molar-refractivity contribution in [1.82, 2.24) is 20.1 Å². The van der Waals surface area contributed by atoms with Gasteiger partial charge in [0.25, 0.3) is 0 Å². The quantitative estimate of drug-likeness (QED) is 0.770. The summed E-state index contributed by atoms with van der Waals surface area (Å²) in [7, 11) is 1.71. The fourth-order valence-electron chi connectivity index (χ4n) is 1.69. The Morgan fingerprint density at radius 1 is 1.50 bits per heavy atom. The summed E-state index contributed by atoms with van der Waals surface area (Å²) in [4.78, 5) is 5.29. The summed E-state index contributed by atoms with van der Waals surface area (Å²) in [5.41, 5.74) is 4.15. The van der Waals surface area contributed by atoms with Crippen LogP contribution in [0.25, 0.3) is 0 Å². The molecule has 1 N–H and O–H groups in total. The largest absolute Gasteiger partial charge is 0.383 e. The van der Waals surface area contributed by atoms with Gasteiger partial charge in [0.05, 0.1) is 24.4 Å². The van der Waals surface area contributed by atoms with Crippen molar-refractivity contribution in [2.75, 3.05) is 20.3 Å². The lowest BCUT2D eigenvalue weighted by Crippen LogP contribution is -2.18. The molecule has 0 saturated carbocycles. The number of nitrogens with zero attached hydrogens (tertiary/aromatic N) is 3. The SMILES string of the molecule is COCCNCc1cn(Cc2cncs2)nc1C. The van der Waals surface area contributed by atoms with Crippen LogP contribution in [0, 0.1) is 6.92 Å². The minimum atomic E-state index is 0.730. The predicted octanol–water partition coefficient (Wildman–Crippen LogP) is 1.43. The summed E-state index contributed by atoms with van der Waals surface area (Å²) in [5, 5.41) is 7.84. The molecule has 2 aromatic heterocycles. The third kappa shape index (κ3) is 3.63. The Kier molecular flexibility index (Phi) is 4.86. The lowest BCUT2D eigenvalue weighted by Gasteiger charge is -2.02. The molecule has 0 amide bonds. The lowest BCUT2D eigenvalue weighted by atomic mass is 10.2. The second kappa shape index (κ2) is 6.63. The smallest absolute Gasteiger partial charge is 0.0794 e. The highest BCUT2D eigenvalue weighted by Gasteiger charge is 2.05. The van der Waals surface area contributed by atoms with E-state index in [1.165, 1.54) is 10.4 Å². The molecule has 0 atom stereocenters. The minimum Gasteiger partial charge on any atom is -0.383 e. The summed E-state index contributed by atoms with van der Waals surface area (Å²) >= 11 is 1.65. The Bertz CT molecular complexity index is 466. The van der Waals surface area contributed by atoms with Crippen LogP contribution in [-0.4, -0.2) is 35.0 Å². The van der Waals surface area contributed by atoms with E-state index in [-0.39, 0.29) is 0 Å². The van der Waals surface area contributed by atoms with E-state index in [1.54, 1.807) is 18.4 Å². The number of hydrogen-bond donors (Lipinski definition) is 1. The molecule has 0 fully saturated rings. The normalized spacial score (nSPS) is 11.0. The van der Waals surface area contributed by atoms with Gasteiger partial charge in [0.1, 0.15) is 0 Å². The van der Waals surface area contributed by atoms with Gasteiger partial charge in [-0.25, -0.2) is 0 Å². The molecule has 0 aromatic carbocycles. The summed E-state index contributed by atoms with van der Waals surface area (Å²) in [6.07, 6.45) is 3.98. The van der Waals surface area contributed by atoms with E-state index in [0.29, 0.717) is 0 Å². The summed E-state index contributed by atoms with van der Waals surface area (Å²) < 4.78 is 6.96. The van der Waals surface area contributed by atoms with Gasteiger partial charge in [-0.05, 0) is 6.92 Å². The van der Waals surface area contributed by atoms with E-state index in [4.69, 9.17) is 4.74 Å². The maximum Gasteiger partial charge on any atom is 0.0794 e. The molecular weight excluding hydrogens is 248 g/mol. The van der Waals surface area contributed by atoms with Crippen LogP contribution < -0.4 is 5.32 Å². The number of aryl methyl sites for hydroxylation is 1. The minimum absolute atomic E-state index is 0.730. The third-order valence-corrected chi connectivity index (χ3v) is 3.41. The van der Waals surface area contributed by atoms with E-state index < -0.39 is 0 Å². The van der Waals surface area contributed by atoms with E-state index in [0.717, 1.165) is 31.9 Å². The first-order valence-electron chi connectivity index (χ1n) is 5.89. The molecule has 0 aliphatic heterocycles. The van der Waals surface area contributed by atoms with Crippen LogP contribution >= 0.6 is 11.3 Å². The average Bonchev–Trinajstić information content (AvgIpc) is 2.96. The molecule has 18 heavy (non-hydrogen) atoms. The van der Waals surface area contributed by atoms with Crippen molar-refractivity contribution in [3.05, 3.63) is 34.0 Å². The van der Waals surface area contributed by atoms with Gasteiger partial charge in [0.15, 0.2) is 0 Å². The molecule has 0 saturated heterocycles. The average molecular weight is 266 g/mol. The highest BCUT2D eigenvalue weighted by atomic mass is 32.1. The van der Waals surface area contributed by atoms with Crippen LogP contribution in [0.4, 0.5) is 0 Å². The second-order valence-corrected chi connectivity index (χ2v) is 5.05. The molecule has 0 aliphatic rings. The molecule has 0 radical (unpaired) electrons. The maximum absolute atomic E-state index is 5.00. The highest BCUT2D eigenvalue weighted by Crippen LogP contribution is 2.10. The number of rotatable bonds is 7. The lowest BCUT2D eigenvalue weighted by molar-refractivity contribution is 0.199. The summed E-state index contributed by atoms with van der Waals surface area (Å²) in [6, 6.07) is 0. The van der Waals surface area contributed by atoms with Crippen LogP contribution in [0.2, 0.25) is 0 Å². The van der Waals surface area contributed by atoms with Crippen molar-refractivity contribution in [1.29, 1.82) is 0 Å². The second-order valence-electron chi connectivity index (χ2n) is 4.07. The van der Waals surface area contributed by atoms with Crippen molar-refractivity contribution in [2.45, 2.75) is 20.0 Å². The van der Waals surface area contributed by atoms with E-state index in [9.17, 15) is 0 Å². The zero-order chi connectivity index (χ0) is 12.8. The standard InChI is InChI=1S/C12H18N4OS/c1-10-11(5-13-3-4-17-2)7-16(15-10)8-12-6-14-9-18-12/h6-7,9,13H,3-5,8H2,1-2H3. The Morgan fingerprint density at radius 3 is 3.11 bits per heavy atom. The van der Waals surface area contributed by atoms with Gasteiger partial charge < -0.3 is 10.1 Å². The van der Waals surface area contributed by atoms with Gasteiger partial charge in [0.2, 0.25) is 0 Å². The third-order valence-electron chi connectivity index (χ3n) is 2.65. The van der Waals surface area contributed by atoms with E-state index in [1.807, 2.05) is 23.3 Å². The fourth-order valence-corrected chi connectivity index (χ4v) is 2.28. The molecule has 2 aromatic rings. The van der Waals surface area contributed by atoms with Crippen molar-refractivity contribution < 1.29 is 4.74 Å². The van der Waals surface area contributed by atoms with Crippen molar-refractivity contribution in [3.63, 3.8) is 0 Å². The Hall–Kier alpha value is -1.24. The van der Waals surface area contributed by atoms with Crippen molar-refractivity contribution >= 4 is 11.3 Å². The van der Waals surface area contributed by atoms with Gasteiger partial charge in [-0.15, -0.1) is 11.3 Å². The number of nitrogens with one attached hydrogen (secondary N) is 1. The Labute approximate surface area is 111 Å². The first-order valence-corrected chi connectivity index (χ1v) is 6.77. The van der Waals surface area contributed by atoms with Crippen molar-refractivity contribution in [3.8, 4) is 0 Å². The first-order chi connectivity index (χ1) is 8.79. The number of aromatic nitrogens is 3. The van der Waals surface area contributed by atoms with Gasteiger partial charge in [-0.1, -0.05) is 0 Å². The van der Waals surface area contributed by atoms with Crippen LogP contribution in [0.1, 0.15) is 16.1 Å². The maximum atomic E-state index is 5.00. The molecule has 0 unspecified atom stereocenters. The molecule has 2 rings (SSSR count). The topological polar surface area (TPSA) is 52.0 Å². The van der Waals surface area contributed by atoms with Gasteiger partial charge in [0, 0.05) is 43.0 Å². The van der Waals surface area contributed by atoms with Gasteiger partial charge in [-0.2, -0.15) is 5.10 Å².